The van der Waals surface area contributed by atoms with Gasteiger partial charge in [0.25, 0.3) is 0 Å². The molecule has 0 aliphatic carbocycles. The largest absolute Gasteiger partial charge is 0.390 e. The summed E-state index contributed by atoms with van der Waals surface area (Å²) in [7, 11) is 0. The van der Waals surface area contributed by atoms with Crippen LogP contribution in [0.25, 0.3) is 10.2 Å². The van der Waals surface area contributed by atoms with Crippen LogP contribution in [0, 0.1) is 0 Å². The van der Waals surface area contributed by atoms with Gasteiger partial charge in [-0.3, -0.25) is 4.90 Å². The van der Waals surface area contributed by atoms with Gasteiger partial charge in [-0.1, -0.05) is 24.3 Å². The zero-order valence-electron chi connectivity index (χ0n) is 13.4. The lowest BCUT2D eigenvalue weighted by molar-refractivity contribution is 0.114. The number of fused-ring (bicyclic) bond motifs is 2. The van der Waals surface area contributed by atoms with Crippen molar-refractivity contribution in [2.24, 2.45) is 0 Å². The molecule has 24 heavy (non-hydrogen) atoms. The third kappa shape index (κ3) is 3.26. The SMILES string of the molecule is O[C@H](CNc1ncnc2sccc12)CN1CCc2ccccc2C1. The molecule has 0 radical (unpaired) electrons. The van der Waals surface area contributed by atoms with Gasteiger partial charge in [-0.15, -0.1) is 11.3 Å². The average Bonchev–Trinajstić information content (AvgIpc) is 3.09. The van der Waals surface area contributed by atoms with Crippen molar-refractivity contribution in [1.82, 2.24) is 14.9 Å². The maximum Gasteiger partial charge on any atom is 0.138 e. The number of nitrogens with zero attached hydrogens (tertiary/aromatic N) is 3. The summed E-state index contributed by atoms with van der Waals surface area (Å²) in [5.74, 6) is 0.796. The van der Waals surface area contributed by atoms with E-state index in [9.17, 15) is 5.11 Å². The molecule has 1 aliphatic heterocycles. The molecule has 5 nitrogen and oxygen atoms in total. The van der Waals surface area contributed by atoms with Crippen LogP contribution in [0.3, 0.4) is 0 Å². The Kier molecular flexibility index (Phi) is 4.42. The summed E-state index contributed by atoms with van der Waals surface area (Å²) in [4.78, 5) is 11.8. The van der Waals surface area contributed by atoms with E-state index in [1.54, 1.807) is 17.7 Å². The Labute approximate surface area is 145 Å². The summed E-state index contributed by atoms with van der Waals surface area (Å²) < 4.78 is 0. The van der Waals surface area contributed by atoms with Gasteiger partial charge in [0.1, 0.15) is 17.0 Å². The molecule has 1 aromatic carbocycles. The smallest absolute Gasteiger partial charge is 0.138 e. The summed E-state index contributed by atoms with van der Waals surface area (Å²) >= 11 is 1.60. The van der Waals surface area contributed by atoms with E-state index >= 15 is 0 Å². The summed E-state index contributed by atoms with van der Waals surface area (Å²) in [6, 6.07) is 10.6. The van der Waals surface area contributed by atoms with Crippen LogP contribution in [0.15, 0.2) is 42.0 Å². The highest BCUT2D eigenvalue weighted by molar-refractivity contribution is 7.16. The van der Waals surface area contributed by atoms with Gasteiger partial charge < -0.3 is 10.4 Å². The summed E-state index contributed by atoms with van der Waals surface area (Å²) in [5.41, 5.74) is 2.81. The van der Waals surface area contributed by atoms with E-state index in [0.717, 1.165) is 35.5 Å². The maximum atomic E-state index is 10.4. The fraction of sp³-hybridized carbons (Fsp3) is 0.333. The molecule has 0 saturated carbocycles. The normalized spacial score (nSPS) is 16.0. The fourth-order valence-corrected chi connectivity index (χ4v) is 3.95. The Hall–Kier alpha value is -2.02. The molecule has 3 aromatic rings. The zero-order valence-corrected chi connectivity index (χ0v) is 14.2. The number of aliphatic hydroxyl groups is 1. The molecule has 4 rings (SSSR count). The Bertz CT molecular complexity index is 835. The Morgan fingerprint density at radius 2 is 2.08 bits per heavy atom. The highest BCUT2D eigenvalue weighted by Crippen LogP contribution is 2.23. The molecule has 0 amide bonds. The predicted octanol–water partition coefficient (Wildman–Crippen LogP) is 2.52. The lowest BCUT2D eigenvalue weighted by Gasteiger charge is -2.30. The van der Waals surface area contributed by atoms with E-state index < -0.39 is 6.10 Å². The molecular weight excluding hydrogens is 320 g/mol. The highest BCUT2D eigenvalue weighted by atomic mass is 32.1. The van der Waals surface area contributed by atoms with Gasteiger partial charge in [0, 0.05) is 26.2 Å². The van der Waals surface area contributed by atoms with E-state index in [1.807, 2.05) is 11.4 Å². The van der Waals surface area contributed by atoms with Crippen molar-refractivity contribution < 1.29 is 5.11 Å². The second kappa shape index (κ2) is 6.84. The Morgan fingerprint density at radius 1 is 1.21 bits per heavy atom. The van der Waals surface area contributed by atoms with E-state index in [-0.39, 0.29) is 0 Å². The number of nitrogens with one attached hydrogen (secondary N) is 1. The van der Waals surface area contributed by atoms with Gasteiger partial charge in [-0.2, -0.15) is 0 Å². The highest BCUT2D eigenvalue weighted by Gasteiger charge is 2.18. The number of aliphatic hydroxyl groups excluding tert-OH is 1. The fourth-order valence-electron chi connectivity index (χ4n) is 3.22. The number of anilines is 1. The second-order valence-corrected chi connectivity index (χ2v) is 7.04. The summed E-state index contributed by atoms with van der Waals surface area (Å²) in [6.07, 6.45) is 2.19. The molecular formula is C18H20N4OS. The van der Waals surface area contributed by atoms with Crippen LogP contribution in [0.2, 0.25) is 0 Å². The quantitative estimate of drug-likeness (QED) is 0.747. The third-order valence-corrected chi connectivity index (χ3v) is 5.27. The van der Waals surface area contributed by atoms with Gasteiger partial charge in [-0.05, 0) is 29.0 Å². The van der Waals surface area contributed by atoms with Crippen molar-refractivity contribution in [2.45, 2.75) is 19.1 Å². The van der Waals surface area contributed by atoms with Crippen molar-refractivity contribution in [3.63, 3.8) is 0 Å². The Morgan fingerprint density at radius 3 is 3.00 bits per heavy atom. The van der Waals surface area contributed by atoms with Crippen molar-refractivity contribution in [1.29, 1.82) is 0 Å². The molecule has 2 N–H and O–H groups in total. The molecule has 6 heteroatoms. The third-order valence-electron chi connectivity index (χ3n) is 4.45. The van der Waals surface area contributed by atoms with E-state index in [0.29, 0.717) is 13.1 Å². The van der Waals surface area contributed by atoms with E-state index in [1.165, 1.54) is 11.1 Å². The minimum Gasteiger partial charge on any atom is -0.390 e. The summed E-state index contributed by atoms with van der Waals surface area (Å²) in [6.45, 7) is 3.06. The van der Waals surface area contributed by atoms with Crippen LogP contribution >= 0.6 is 11.3 Å². The van der Waals surface area contributed by atoms with Crippen molar-refractivity contribution in [3.05, 3.63) is 53.2 Å². The van der Waals surface area contributed by atoms with E-state index in [2.05, 4.69) is 44.5 Å². The molecule has 0 spiro atoms. The summed E-state index contributed by atoms with van der Waals surface area (Å²) in [5, 5.41) is 16.7. The molecule has 1 aliphatic rings. The van der Waals surface area contributed by atoms with Crippen molar-refractivity contribution in [2.75, 3.05) is 25.0 Å². The van der Waals surface area contributed by atoms with Gasteiger partial charge in [0.2, 0.25) is 0 Å². The first-order valence-electron chi connectivity index (χ1n) is 8.19. The molecule has 3 heterocycles. The molecule has 0 fully saturated rings. The van der Waals surface area contributed by atoms with Crippen molar-refractivity contribution >= 4 is 27.4 Å². The number of hydrogen-bond donors (Lipinski definition) is 2. The number of benzene rings is 1. The lowest BCUT2D eigenvalue weighted by atomic mass is 10.00. The van der Waals surface area contributed by atoms with Crippen LogP contribution < -0.4 is 5.32 Å². The van der Waals surface area contributed by atoms with Crippen LogP contribution in [0.5, 0.6) is 0 Å². The molecule has 124 valence electrons. The molecule has 1 atom stereocenters. The number of thiophene rings is 1. The number of hydrogen-bond acceptors (Lipinski definition) is 6. The van der Waals surface area contributed by atoms with Crippen LogP contribution in [0.1, 0.15) is 11.1 Å². The Balaban J connectivity index is 1.34. The molecule has 0 unspecified atom stereocenters. The van der Waals surface area contributed by atoms with Gasteiger partial charge in [-0.25, -0.2) is 9.97 Å². The first-order chi connectivity index (χ1) is 11.8. The first kappa shape index (κ1) is 15.5. The molecule has 0 saturated heterocycles. The van der Waals surface area contributed by atoms with Crippen LogP contribution in [-0.4, -0.2) is 45.7 Å². The van der Waals surface area contributed by atoms with Gasteiger partial charge >= 0.3 is 0 Å². The van der Waals surface area contributed by atoms with Crippen molar-refractivity contribution in [3.8, 4) is 0 Å². The maximum absolute atomic E-state index is 10.4. The van der Waals surface area contributed by atoms with Gasteiger partial charge in [0.05, 0.1) is 11.5 Å². The monoisotopic (exact) mass is 340 g/mol. The number of β-amino-alcohol motifs (C(OH)–C–C–N with tert-alkyl or cyclic N) is 1. The first-order valence-corrected chi connectivity index (χ1v) is 9.07. The van der Waals surface area contributed by atoms with Gasteiger partial charge in [0.15, 0.2) is 0 Å². The minimum absolute atomic E-state index is 0.432. The average molecular weight is 340 g/mol. The molecule has 0 bridgehead atoms. The molecule has 2 aromatic heterocycles. The standard InChI is InChI=1S/C18H20N4OS/c23-15(9-19-17-16-6-8-24-18(16)21-12-20-17)11-22-7-5-13-3-1-2-4-14(13)10-22/h1-4,6,8,12,15,23H,5,7,9-11H2,(H,19,20,21)/t15-/m1/s1. The van der Waals surface area contributed by atoms with Crippen LogP contribution in [0.4, 0.5) is 5.82 Å². The lowest BCUT2D eigenvalue weighted by Crippen LogP contribution is -2.39. The second-order valence-electron chi connectivity index (χ2n) is 6.15. The van der Waals surface area contributed by atoms with Crippen LogP contribution in [-0.2, 0) is 13.0 Å². The number of aromatic nitrogens is 2. The van der Waals surface area contributed by atoms with E-state index in [4.69, 9.17) is 0 Å². The number of rotatable bonds is 5. The zero-order chi connectivity index (χ0) is 16.4. The predicted molar refractivity (Wildman–Crippen MR) is 97.3 cm³/mol. The topological polar surface area (TPSA) is 61.3 Å². The minimum atomic E-state index is -0.432.